The van der Waals surface area contributed by atoms with Gasteiger partial charge in [-0.3, -0.25) is 4.98 Å². The van der Waals surface area contributed by atoms with Gasteiger partial charge in [0.05, 0.1) is 23.7 Å². The van der Waals surface area contributed by atoms with E-state index in [1.54, 1.807) is 23.3 Å². The number of nitrogens with zero attached hydrogens (tertiary/aromatic N) is 4. The fraction of sp³-hybridized carbons (Fsp3) is 0.188. The number of hydrogen-bond acceptors (Lipinski definition) is 4. The highest BCUT2D eigenvalue weighted by atomic mass is 16.3. The summed E-state index contributed by atoms with van der Waals surface area (Å²) in [6.45, 7) is 0. The van der Waals surface area contributed by atoms with Crippen LogP contribution < -0.4 is 0 Å². The second-order valence-electron chi connectivity index (χ2n) is 4.82. The van der Waals surface area contributed by atoms with Crippen LogP contribution in [-0.4, -0.2) is 25.1 Å². The Morgan fingerprint density at radius 1 is 1.05 bits per heavy atom. The van der Waals surface area contributed by atoms with Gasteiger partial charge in [-0.15, -0.1) is 5.10 Å². The molecular weight excluding hydrogens is 264 g/mol. The molecule has 0 fully saturated rings. The van der Waals surface area contributed by atoms with Crippen molar-refractivity contribution in [1.82, 2.24) is 20.0 Å². The van der Waals surface area contributed by atoms with Crippen LogP contribution in [-0.2, 0) is 6.42 Å². The quantitative estimate of drug-likeness (QED) is 0.779. The van der Waals surface area contributed by atoms with Crippen molar-refractivity contribution in [2.45, 2.75) is 18.9 Å². The number of para-hydroxylation sites is 1. The lowest BCUT2D eigenvalue weighted by molar-refractivity contribution is 0.160. The first kappa shape index (κ1) is 13.5. The fourth-order valence-corrected chi connectivity index (χ4v) is 2.24. The molecule has 21 heavy (non-hydrogen) atoms. The molecule has 0 aliphatic carbocycles. The van der Waals surface area contributed by atoms with Gasteiger partial charge in [0, 0.05) is 12.4 Å². The summed E-state index contributed by atoms with van der Waals surface area (Å²) in [5.41, 5.74) is 2.76. The second-order valence-corrected chi connectivity index (χ2v) is 4.82. The van der Waals surface area contributed by atoms with Gasteiger partial charge in [-0.05, 0) is 42.7 Å². The molecule has 0 saturated heterocycles. The SMILES string of the molecule is OC(CCc1ccncc1)c1cnnn1-c1ccccc1. The molecule has 0 saturated carbocycles. The summed E-state index contributed by atoms with van der Waals surface area (Å²) in [4.78, 5) is 3.99. The summed E-state index contributed by atoms with van der Waals surface area (Å²) < 4.78 is 1.68. The first-order chi connectivity index (χ1) is 10.3. The zero-order chi connectivity index (χ0) is 14.5. The Hall–Kier alpha value is -2.53. The van der Waals surface area contributed by atoms with Crippen LogP contribution in [0.3, 0.4) is 0 Å². The summed E-state index contributed by atoms with van der Waals surface area (Å²) in [5.74, 6) is 0. The Morgan fingerprint density at radius 2 is 1.81 bits per heavy atom. The maximum Gasteiger partial charge on any atom is 0.0980 e. The lowest BCUT2D eigenvalue weighted by Crippen LogP contribution is -2.08. The van der Waals surface area contributed by atoms with Crippen molar-refractivity contribution in [3.8, 4) is 5.69 Å². The molecule has 106 valence electrons. The molecular formula is C16H16N4O. The van der Waals surface area contributed by atoms with E-state index in [-0.39, 0.29) is 0 Å². The highest BCUT2D eigenvalue weighted by molar-refractivity contribution is 5.32. The lowest BCUT2D eigenvalue weighted by Gasteiger charge is -2.12. The van der Waals surface area contributed by atoms with E-state index in [2.05, 4.69) is 15.3 Å². The normalized spacial score (nSPS) is 12.2. The van der Waals surface area contributed by atoms with Gasteiger partial charge < -0.3 is 5.11 Å². The Kier molecular flexibility index (Phi) is 4.02. The molecule has 1 N–H and O–H groups in total. The minimum absolute atomic E-state index is 0.603. The predicted molar refractivity (Wildman–Crippen MR) is 78.9 cm³/mol. The second kappa shape index (κ2) is 6.28. The average Bonchev–Trinajstić information content (AvgIpc) is 3.04. The number of hydrogen-bond donors (Lipinski definition) is 1. The highest BCUT2D eigenvalue weighted by Gasteiger charge is 2.15. The van der Waals surface area contributed by atoms with Crippen LogP contribution in [0.5, 0.6) is 0 Å². The molecule has 0 spiro atoms. The molecule has 1 unspecified atom stereocenters. The number of aliphatic hydroxyl groups excluding tert-OH is 1. The van der Waals surface area contributed by atoms with Crippen molar-refractivity contribution in [3.05, 3.63) is 72.3 Å². The minimum atomic E-state index is -0.603. The van der Waals surface area contributed by atoms with Crippen LogP contribution in [0.25, 0.3) is 5.69 Å². The molecule has 1 aromatic carbocycles. The molecule has 0 aliphatic rings. The summed E-state index contributed by atoms with van der Waals surface area (Å²) in [7, 11) is 0. The van der Waals surface area contributed by atoms with Gasteiger partial charge in [0.25, 0.3) is 0 Å². The van der Waals surface area contributed by atoms with Crippen LogP contribution in [0.4, 0.5) is 0 Å². The topological polar surface area (TPSA) is 63.8 Å². The van der Waals surface area contributed by atoms with Crippen LogP contribution in [0.2, 0.25) is 0 Å². The van der Waals surface area contributed by atoms with Crippen molar-refractivity contribution < 1.29 is 5.11 Å². The lowest BCUT2D eigenvalue weighted by atomic mass is 10.1. The standard InChI is InChI=1S/C16H16N4O/c21-16(7-6-13-8-10-17-11-9-13)15-12-18-19-20(15)14-4-2-1-3-5-14/h1-5,8-12,16,21H,6-7H2. The van der Waals surface area contributed by atoms with E-state index < -0.39 is 6.10 Å². The van der Waals surface area contributed by atoms with E-state index >= 15 is 0 Å². The molecule has 2 aromatic heterocycles. The van der Waals surface area contributed by atoms with Gasteiger partial charge in [-0.2, -0.15) is 0 Å². The maximum absolute atomic E-state index is 10.4. The molecule has 5 heteroatoms. The van der Waals surface area contributed by atoms with Crippen molar-refractivity contribution in [3.63, 3.8) is 0 Å². The number of aryl methyl sites for hydroxylation is 1. The molecule has 3 aromatic rings. The molecule has 0 radical (unpaired) electrons. The molecule has 0 aliphatic heterocycles. The van der Waals surface area contributed by atoms with Crippen LogP contribution in [0.1, 0.15) is 23.8 Å². The molecule has 0 bridgehead atoms. The van der Waals surface area contributed by atoms with E-state index in [4.69, 9.17) is 0 Å². The van der Waals surface area contributed by atoms with Crippen molar-refractivity contribution in [1.29, 1.82) is 0 Å². The van der Waals surface area contributed by atoms with E-state index in [0.29, 0.717) is 12.1 Å². The van der Waals surface area contributed by atoms with Crippen molar-refractivity contribution in [2.75, 3.05) is 0 Å². The van der Waals surface area contributed by atoms with Crippen molar-refractivity contribution >= 4 is 0 Å². The monoisotopic (exact) mass is 280 g/mol. The molecule has 5 nitrogen and oxygen atoms in total. The van der Waals surface area contributed by atoms with Gasteiger partial charge >= 0.3 is 0 Å². The largest absolute Gasteiger partial charge is 0.387 e. The molecule has 1 atom stereocenters. The number of aliphatic hydroxyl groups is 1. The number of pyridine rings is 1. The Morgan fingerprint density at radius 3 is 2.57 bits per heavy atom. The molecule has 0 amide bonds. The van der Waals surface area contributed by atoms with Gasteiger partial charge in [0.1, 0.15) is 0 Å². The summed E-state index contributed by atoms with van der Waals surface area (Å²) in [6, 6.07) is 13.6. The minimum Gasteiger partial charge on any atom is -0.387 e. The number of benzene rings is 1. The van der Waals surface area contributed by atoms with Crippen LogP contribution in [0, 0.1) is 0 Å². The first-order valence-corrected chi connectivity index (χ1v) is 6.87. The average molecular weight is 280 g/mol. The zero-order valence-corrected chi connectivity index (χ0v) is 11.5. The van der Waals surface area contributed by atoms with Gasteiger partial charge in [-0.25, -0.2) is 4.68 Å². The smallest absolute Gasteiger partial charge is 0.0980 e. The Balaban J connectivity index is 1.74. The fourth-order valence-electron chi connectivity index (χ4n) is 2.24. The Bertz CT molecular complexity index is 682. The first-order valence-electron chi connectivity index (χ1n) is 6.87. The third kappa shape index (κ3) is 3.14. The summed E-state index contributed by atoms with van der Waals surface area (Å²) >= 11 is 0. The molecule has 2 heterocycles. The van der Waals surface area contributed by atoms with E-state index in [0.717, 1.165) is 17.7 Å². The van der Waals surface area contributed by atoms with E-state index in [9.17, 15) is 5.11 Å². The summed E-state index contributed by atoms with van der Waals surface area (Å²) in [5, 5.41) is 18.4. The maximum atomic E-state index is 10.4. The van der Waals surface area contributed by atoms with Crippen LogP contribution in [0.15, 0.2) is 61.1 Å². The summed E-state index contributed by atoms with van der Waals surface area (Å²) in [6.07, 6.45) is 5.93. The van der Waals surface area contributed by atoms with Crippen LogP contribution >= 0.6 is 0 Å². The number of aromatic nitrogens is 4. The molecule has 3 rings (SSSR count). The Labute approximate surface area is 122 Å². The third-order valence-corrected chi connectivity index (χ3v) is 3.37. The number of rotatable bonds is 5. The predicted octanol–water partition coefficient (Wildman–Crippen LogP) is 2.33. The van der Waals surface area contributed by atoms with Gasteiger partial charge in [0.15, 0.2) is 0 Å². The third-order valence-electron chi connectivity index (χ3n) is 3.37. The zero-order valence-electron chi connectivity index (χ0n) is 11.5. The highest BCUT2D eigenvalue weighted by Crippen LogP contribution is 2.20. The van der Waals surface area contributed by atoms with Gasteiger partial charge in [0.2, 0.25) is 0 Å². The van der Waals surface area contributed by atoms with Crippen molar-refractivity contribution in [2.24, 2.45) is 0 Å². The van der Waals surface area contributed by atoms with Gasteiger partial charge in [-0.1, -0.05) is 23.4 Å². The van der Waals surface area contributed by atoms with E-state index in [1.807, 2.05) is 42.5 Å². The van der Waals surface area contributed by atoms with E-state index in [1.165, 1.54) is 0 Å².